The quantitative estimate of drug-likeness (QED) is 0.207. The Hall–Kier alpha value is -3.80. The second-order valence-corrected chi connectivity index (χ2v) is 12.3. The smallest absolute Gasteiger partial charge is 0.163 e. The van der Waals surface area contributed by atoms with Crippen LogP contribution in [0.25, 0.3) is 10.9 Å². The van der Waals surface area contributed by atoms with Crippen LogP contribution < -0.4 is 10.1 Å². The summed E-state index contributed by atoms with van der Waals surface area (Å²) in [6.45, 7) is 0.0463. The number of halogens is 3. The Kier molecular flexibility index (Phi) is 8.39. The molecule has 0 radical (unpaired) electrons. The molecule has 214 valence electrons. The Morgan fingerprint density at radius 3 is 2.71 bits per heavy atom. The van der Waals surface area contributed by atoms with Gasteiger partial charge < -0.3 is 19.5 Å². The molecule has 5 rings (SSSR count). The van der Waals surface area contributed by atoms with Gasteiger partial charge in [0.2, 0.25) is 0 Å². The van der Waals surface area contributed by atoms with Gasteiger partial charge >= 0.3 is 0 Å². The van der Waals surface area contributed by atoms with Gasteiger partial charge in [0.25, 0.3) is 0 Å². The first-order chi connectivity index (χ1) is 19.6. The maximum absolute atomic E-state index is 15.4. The van der Waals surface area contributed by atoms with Crippen LogP contribution in [-0.2, 0) is 31.5 Å². The van der Waals surface area contributed by atoms with Gasteiger partial charge in [0, 0.05) is 35.4 Å². The summed E-state index contributed by atoms with van der Waals surface area (Å²) in [5.74, 6) is -0.226. The SMILES string of the molecule is CS(=O)(=O)CCOCC1(c2cc3c(Nc4ccc(OCc5cccc(F)c5)c(Cl)c4)ncnc3cc2F)CC=CO1. The molecule has 4 aromatic rings. The molecule has 1 aliphatic heterocycles. The number of hydrogen-bond donors (Lipinski definition) is 1. The lowest BCUT2D eigenvalue weighted by atomic mass is 9.90. The second-order valence-electron chi connectivity index (χ2n) is 9.63. The van der Waals surface area contributed by atoms with Gasteiger partial charge in [-0.1, -0.05) is 23.7 Å². The highest BCUT2D eigenvalue weighted by atomic mass is 35.5. The second kappa shape index (κ2) is 12.0. The van der Waals surface area contributed by atoms with Crippen LogP contribution in [0.1, 0.15) is 17.5 Å². The Labute approximate surface area is 240 Å². The largest absolute Gasteiger partial charge is 0.488 e. The van der Waals surface area contributed by atoms with Crippen molar-refractivity contribution < 1.29 is 31.4 Å². The fourth-order valence-corrected chi connectivity index (χ4v) is 5.06. The van der Waals surface area contributed by atoms with Crippen LogP contribution in [0.4, 0.5) is 20.3 Å². The number of aromatic nitrogens is 2. The van der Waals surface area contributed by atoms with Gasteiger partial charge in [-0.05, 0) is 48.0 Å². The summed E-state index contributed by atoms with van der Waals surface area (Å²) in [6.07, 6.45) is 6.00. The van der Waals surface area contributed by atoms with E-state index in [1.54, 1.807) is 42.5 Å². The molecule has 1 aromatic heterocycles. The van der Waals surface area contributed by atoms with Crippen molar-refractivity contribution in [2.45, 2.75) is 18.6 Å². The van der Waals surface area contributed by atoms with Crippen LogP contribution >= 0.6 is 11.6 Å². The normalized spacial score (nSPS) is 16.6. The van der Waals surface area contributed by atoms with Crippen molar-refractivity contribution >= 4 is 43.8 Å². The summed E-state index contributed by atoms with van der Waals surface area (Å²) in [6, 6.07) is 14.1. The predicted octanol–water partition coefficient (Wildman–Crippen LogP) is 6.07. The standard InChI is InChI=1S/C29H26ClF2N3O5S/c1-41(36,37)11-10-38-17-29(8-3-9-40-29)23-14-22-26(15-25(23)32)33-18-34-28(22)35-21-6-7-27(24(30)13-21)39-16-19-4-2-5-20(31)12-19/h2-7,9,12-15,18H,8,10-11,16-17H2,1H3,(H,33,34,35). The monoisotopic (exact) mass is 601 g/mol. The van der Waals surface area contributed by atoms with Crippen LogP contribution in [0.5, 0.6) is 5.75 Å². The topological polar surface area (TPSA) is 99.6 Å². The molecule has 0 amide bonds. The Morgan fingerprint density at radius 1 is 1.12 bits per heavy atom. The fraction of sp³-hybridized carbons (Fsp3) is 0.241. The molecule has 1 atom stereocenters. The number of hydrogen-bond acceptors (Lipinski definition) is 8. The number of ether oxygens (including phenoxy) is 3. The van der Waals surface area contributed by atoms with Gasteiger partial charge in [0.05, 0.1) is 35.8 Å². The van der Waals surface area contributed by atoms with Crippen LogP contribution in [0.15, 0.2) is 73.3 Å². The number of nitrogens with zero attached hydrogens (tertiary/aromatic N) is 2. The van der Waals surface area contributed by atoms with E-state index in [-0.39, 0.29) is 37.0 Å². The molecule has 1 N–H and O–H groups in total. The highest BCUT2D eigenvalue weighted by Crippen LogP contribution is 2.39. The molecule has 0 saturated carbocycles. The predicted molar refractivity (Wildman–Crippen MR) is 152 cm³/mol. The van der Waals surface area contributed by atoms with Crippen molar-refractivity contribution in [3.63, 3.8) is 0 Å². The molecule has 0 bridgehead atoms. The minimum absolute atomic E-state index is 0.0439. The van der Waals surface area contributed by atoms with Crippen LogP contribution in [0.2, 0.25) is 5.02 Å². The number of fused-ring (bicyclic) bond motifs is 1. The molecule has 41 heavy (non-hydrogen) atoms. The summed E-state index contributed by atoms with van der Waals surface area (Å²) >= 11 is 6.45. The van der Waals surface area contributed by atoms with E-state index in [4.69, 9.17) is 25.8 Å². The number of rotatable bonds is 11. The molecule has 0 fully saturated rings. The number of benzene rings is 3. The van der Waals surface area contributed by atoms with Crippen molar-refractivity contribution in [3.8, 4) is 5.75 Å². The number of nitrogens with one attached hydrogen (secondary N) is 1. The average molecular weight is 602 g/mol. The first kappa shape index (κ1) is 28.7. The zero-order valence-corrected chi connectivity index (χ0v) is 23.5. The molecular formula is C29H26ClF2N3O5S. The third kappa shape index (κ3) is 6.92. The average Bonchev–Trinajstić information content (AvgIpc) is 3.40. The third-order valence-electron chi connectivity index (χ3n) is 6.46. The summed E-state index contributed by atoms with van der Waals surface area (Å²) in [4.78, 5) is 8.56. The first-order valence-corrected chi connectivity index (χ1v) is 15.0. The van der Waals surface area contributed by atoms with Gasteiger partial charge in [0.15, 0.2) is 5.60 Å². The Balaban J connectivity index is 1.37. The van der Waals surface area contributed by atoms with Crippen molar-refractivity contribution in [1.82, 2.24) is 9.97 Å². The van der Waals surface area contributed by atoms with Crippen LogP contribution in [0, 0.1) is 11.6 Å². The highest BCUT2D eigenvalue weighted by Gasteiger charge is 2.39. The van der Waals surface area contributed by atoms with E-state index < -0.39 is 21.3 Å². The maximum Gasteiger partial charge on any atom is 0.163 e. The van der Waals surface area contributed by atoms with Gasteiger partial charge in [-0.25, -0.2) is 27.2 Å². The van der Waals surface area contributed by atoms with E-state index in [0.717, 1.165) is 6.26 Å². The van der Waals surface area contributed by atoms with Gasteiger partial charge in [-0.3, -0.25) is 0 Å². The molecular weight excluding hydrogens is 576 g/mol. The summed E-state index contributed by atoms with van der Waals surface area (Å²) in [5.41, 5.74) is 0.679. The van der Waals surface area contributed by atoms with Crippen molar-refractivity contribution in [2.75, 3.05) is 30.5 Å². The van der Waals surface area contributed by atoms with Crippen molar-refractivity contribution in [2.24, 2.45) is 0 Å². The first-order valence-electron chi connectivity index (χ1n) is 12.6. The number of sulfone groups is 1. The van der Waals surface area contributed by atoms with Gasteiger partial charge in [-0.2, -0.15) is 0 Å². The van der Waals surface area contributed by atoms with Crippen LogP contribution in [0.3, 0.4) is 0 Å². The van der Waals surface area contributed by atoms with E-state index in [2.05, 4.69) is 15.3 Å². The molecule has 12 heteroatoms. The molecule has 8 nitrogen and oxygen atoms in total. The molecule has 3 aromatic carbocycles. The van der Waals surface area contributed by atoms with Crippen molar-refractivity contribution in [3.05, 3.63) is 101 Å². The van der Waals surface area contributed by atoms with Crippen LogP contribution in [-0.4, -0.2) is 43.6 Å². The molecule has 0 aliphatic carbocycles. The maximum atomic E-state index is 15.4. The zero-order valence-electron chi connectivity index (χ0n) is 21.9. The number of anilines is 2. The lowest BCUT2D eigenvalue weighted by Crippen LogP contribution is -2.33. The van der Waals surface area contributed by atoms with E-state index in [1.165, 1.54) is 30.8 Å². The molecule has 1 aliphatic rings. The molecule has 0 saturated heterocycles. The molecule has 0 spiro atoms. The zero-order chi connectivity index (χ0) is 29.0. The fourth-order valence-electron chi connectivity index (χ4n) is 4.40. The summed E-state index contributed by atoms with van der Waals surface area (Å²) in [5, 5.41) is 4.05. The van der Waals surface area contributed by atoms with E-state index in [0.29, 0.717) is 45.2 Å². The Bertz CT molecular complexity index is 1710. The summed E-state index contributed by atoms with van der Waals surface area (Å²) in [7, 11) is -3.21. The molecule has 1 unspecified atom stereocenters. The van der Waals surface area contributed by atoms with E-state index >= 15 is 4.39 Å². The van der Waals surface area contributed by atoms with E-state index in [9.17, 15) is 12.8 Å². The third-order valence-corrected chi connectivity index (χ3v) is 7.67. The van der Waals surface area contributed by atoms with E-state index in [1.807, 2.05) is 0 Å². The lowest BCUT2D eigenvalue weighted by Gasteiger charge is -2.29. The molecule has 2 heterocycles. The summed E-state index contributed by atoms with van der Waals surface area (Å²) < 4.78 is 69.0. The minimum atomic E-state index is -3.21. The Morgan fingerprint density at radius 2 is 1.98 bits per heavy atom. The lowest BCUT2D eigenvalue weighted by molar-refractivity contribution is -0.0439. The van der Waals surface area contributed by atoms with Gasteiger partial charge in [0.1, 0.15) is 46.0 Å². The minimum Gasteiger partial charge on any atom is -0.488 e. The van der Waals surface area contributed by atoms with Gasteiger partial charge in [-0.15, -0.1) is 0 Å². The van der Waals surface area contributed by atoms with Crippen molar-refractivity contribution in [1.29, 1.82) is 0 Å². The highest BCUT2D eigenvalue weighted by molar-refractivity contribution is 7.90.